The second kappa shape index (κ2) is 3.55. The van der Waals surface area contributed by atoms with Crippen LogP contribution in [0.2, 0.25) is 5.02 Å². The van der Waals surface area contributed by atoms with E-state index in [1.54, 1.807) is 6.20 Å². The Bertz CT molecular complexity index is 260. The van der Waals surface area contributed by atoms with Crippen LogP contribution in [0.4, 0.5) is 0 Å². The van der Waals surface area contributed by atoms with E-state index in [1.165, 1.54) is 0 Å². The van der Waals surface area contributed by atoms with E-state index in [0.29, 0.717) is 10.9 Å². The van der Waals surface area contributed by atoms with Gasteiger partial charge in [-0.05, 0) is 27.9 Å². The summed E-state index contributed by atoms with van der Waals surface area (Å²) < 4.78 is 0.986. The molecule has 1 aromatic rings. The smallest absolute Gasteiger partial charge is 0.0600 e. The first-order valence-electron chi connectivity index (χ1n) is 3.42. The van der Waals surface area contributed by atoms with Gasteiger partial charge in [0.25, 0.3) is 0 Å². The standard InChI is InChI=1S/C8H9BrClN/c1-5(2)8-7(9)3-6(10)4-11-8/h3-5H,1-2H3. The van der Waals surface area contributed by atoms with Gasteiger partial charge < -0.3 is 0 Å². The van der Waals surface area contributed by atoms with Crippen molar-refractivity contribution in [3.63, 3.8) is 0 Å². The maximum atomic E-state index is 5.73. The summed E-state index contributed by atoms with van der Waals surface area (Å²) in [5.74, 6) is 0.432. The van der Waals surface area contributed by atoms with Gasteiger partial charge in [-0.3, -0.25) is 4.98 Å². The van der Waals surface area contributed by atoms with E-state index in [1.807, 2.05) is 6.07 Å². The third-order valence-corrected chi connectivity index (χ3v) is 2.23. The SMILES string of the molecule is CC(C)c1ncc(Cl)cc1Br. The fourth-order valence-electron chi connectivity index (χ4n) is 0.850. The van der Waals surface area contributed by atoms with Crippen molar-refractivity contribution in [2.24, 2.45) is 0 Å². The van der Waals surface area contributed by atoms with E-state index in [2.05, 4.69) is 34.8 Å². The number of hydrogen-bond acceptors (Lipinski definition) is 1. The summed E-state index contributed by atoms with van der Waals surface area (Å²) in [6.45, 7) is 4.20. The lowest BCUT2D eigenvalue weighted by atomic mass is 10.1. The zero-order valence-corrected chi connectivity index (χ0v) is 8.78. The fraction of sp³-hybridized carbons (Fsp3) is 0.375. The molecule has 0 N–H and O–H groups in total. The largest absolute Gasteiger partial charge is 0.258 e. The molecule has 0 atom stereocenters. The molecule has 0 spiro atoms. The van der Waals surface area contributed by atoms with Gasteiger partial charge in [-0.1, -0.05) is 25.4 Å². The quantitative estimate of drug-likeness (QED) is 0.723. The molecule has 1 heterocycles. The van der Waals surface area contributed by atoms with E-state index in [9.17, 15) is 0 Å². The number of halogens is 2. The monoisotopic (exact) mass is 233 g/mol. The molecule has 0 radical (unpaired) electrons. The molecule has 0 aliphatic heterocycles. The van der Waals surface area contributed by atoms with Gasteiger partial charge in [-0.25, -0.2) is 0 Å². The molecular weight excluding hydrogens is 225 g/mol. The van der Waals surface area contributed by atoms with Gasteiger partial charge >= 0.3 is 0 Å². The Kier molecular flexibility index (Phi) is 2.90. The van der Waals surface area contributed by atoms with E-state index < -0.39 is 0 Å². The number of nitrogens with zero attached hydrogens (tertiary/aromatic N) is 1. The first-order chi connectivity index (χ1) is 5.11. The summed E-state index contributed by atoms with van der Waals surface area (Å²) in [7, 11) is 0. The van der Waals surface area contributed by atoms with Crippen LogP contribution < -0.4 is 0 Å². The van der Waals surface area contributed by atoms with E-state index in [-0.39, 0.29) is 0 Å². The van der Waals surface area contributed by atoms with Gasteiger partial charge in [-0.15, -0.1) is 0 Å². The van der Waals surface area contributed by atoms with Gasteiger partial charge in [0.1, 0.15) is 0 Å². The molecule has 0 amide bonds. The minimum atomic E-state index is 0.432. The maximum absolute atomic E-state index is 5.73. The van der Waals surface area contributed by atoms with Gasteiger partial charge in [0.2, 0.25) is 0 Å². The minimum absolute atomic E-state index is 0.432. The fourth-order valence-corrected chi connectivity index (χ4v) is 1.95. The van der Waals surface area contributed by atoms with Crippen molar-refractivity contribution >= 4 is 27.5 Å². The summed E-state index contributed by atoms with van der Waals surface area (Å²) in [5.41, 5.74) is 1.05. The molecule has 0 bridgehead atoms. The molecular formula is C8H9BrClN. The molecule has 0 saturated carbocycles. The summed E-state index contributed by atoms with van der Waals surface area (Å²) in [4.78, 5) is 4.20. The molecule has 0 fully saturated rings. The number of aromatic nitrogens is 1. The van der Waals surface area contributed by atoms with Crippen molar-refractivity contribution in [1.29, 1.82) is 0 Å². The van der Waals surface area contributed by atoms with Crippen molar-refractivity contribution in [3.05, 3.63) is 27.5 Å². The van der Waals surface area contributed by atoms with Crippen LogP contribution in [0.15, 0.2) is 16.7 Å². The maximum Gasteiger partial charge on any atom is 0.0600 e. The topological polar surface area (TPSA) is 12.9 Å². The van der Waals surface area contributed by atoms with Crippen LogP contribution in [0.25, 0.3) is 0 Å². The highest BCUT2D eigenvalue weighted by Crippen LogP contribution is 2.24. The normalized spacial score (nSPS) is 10.6. The lowest BCUT2D eigenvalue weighted by Crippen LogP contribution is -1.92. The Hall–Kier alpha value is -0.0800. The van der Waals surface area contributed by atoms with Crippen LogP contribution in [0, 0.1) is 0 Å². The second-order valence-electron chi connectivity index (χ2n) is 2.68. The molecule has 1 rings (SSSR count). The Labute approximate surface area is 79.9 Å². The highest BCUT2D eigenvalue weighted by molar-refractivity contribution is 9.10. The molecule has 1 aromatic heterocycles. The Balaban J connectivity index is 3.09. The zero-order valence-electron chi connectivity index (χ0n) is 6.44. The Morgan fingerprint density at radius 3 is 2.64 bits per heavy atom. The summed E-state index contributed by atoms with van der Waals surface area (Å²) in [5, 5.41) is 0.668. The number of hydrogen-bond donors (Lipinski definition) is 0. The summed E-state index contributed by atoms with van der Waals surface area (Å²) in [6, 6.07) is 1.86. The van der Waals surface area contributed by atoms with Crippen LogP contribution in [0.1, 0.15) is 25.5 Å². The van der Waals surface area contributed by atoms with Crippen LogP contribution in [0.3, 0.4) is 0 Å². The van der Waals surface area contributed by atoms with Crippen molar-refractivity contribution in [3.8, 4) is 0 Å². The van der Waals surface area contributed by atoms with Gasteiger partial charge in [0, 0.05) is 10.7 Å². The van der Waals surface area contributed by atoms with Gasteiger partial charge in [0.05, 0.1) is 10.7 Å². The Morgan fingerprint density at radius 1 is 1.55 bits per heavy atom. The molecule has 0 aliphatic rings. The van der Waals surface area contributed by atoms with E-state index in [4.69, 9.17) is 11.6 Å². The second-order valence-corrected chi connectivity index (χ2v) is 3.97. The molecule has 0 saturated heterocycles. The molecule has 0 unspecified atom stereocenters. The van der Waals surface area contributed by atoms with E-state index >= 15 is 0 Å². The van der Waals surface area contributed by atoms with Crippen LogP contribution >= 0.6 is 27.5 Å². The third kappa shape index (κ3) is 2.17. The average Bonchev–Trinajstić information content (AvgIpc) is 1.85. The van der Waals surface area contributed by atoms with Crippen molar-refractivity contribution in [2.75, 3.05) is 0 Å². The average molecular weight is 235 g/mol. The van der Waals surface area contributed by atoms with Gasteiger partial charge in [0.15, 0.2) is 0 Å². The molecule has 3 heteroatoms. The van der Waals surface area contributed by atoms with Crippen LogP contribution in [0.5, 0.6) is 0 Å². The van der Waals surface area contributed by atoms with Crippen molar-refractivity contribution < 1.29 is 0 Å². The Morgan fingerprint density at radius 2 is 2.18 bits per heavy atom. The minimum Gasteiger partial charge on any atom is -0.258 e. The highest BCUT2D eigenvalue weighted by atomic mass is 79.9. The first-order valence-corrected chi connectivity index (χ1v) is 4.59. The predicted octanol–water partition coefficient (Wildman–Crippen LogP) is 3.62. The third-order valence-electron chi connectivity index (χ3n) is 1.38. The summed E-state index contributed by atoms with van der Waals surface area (Å²) in [6.07, 6.45) is 1.67. The first kappa shape index (κ1) is 9.01. The van der Waals surface area contributed by atoms with Crippen molar-refractivity contribution in [1.82, 2.24) is 4.98 Å². The summed E-state index contributed by atoms with van der Waals surface area (Å²) >= 11 is 9.13. The number of pyridine rings is 1. The molecule has 11 heavy (non-hydrogen) atoms. The van der Waals surface area contributed by atoms with Crippen molar-refractivity contribution in [2.45, 2.75) is 19.8 Å². The predicted molar refractivity (Wildman–Crippen MR) is 51.0 cm³/mol. The zero-order chi connectivity index (χ0) is 8.43. The van der Waals surface area contributed by atoms with Crippen LogP contribution in [-0.4, -0.2) is 4.98 Å². The molecule has 0 aliphatic carbocycles. The molecule has 1 nitrogen and oxygen atoms in total. The van der Waals surface area contributed by atoms with Gasteiger partial charge in [-0.2, -0.15) is 0 Å². The lowest BCUT2D eigenvalue weighted by Gasteiger charge is -2.05. The molecule has 60 valence electrons. The van der Waals surface area contributed by atoms with E-state index in [0.717, 1.165) is 10.2 Å². The number of rotatable bonds is 1. The lowest BCUT2D eigenvalue weighted by molar-refractivity contribution is 0.816. The molecule has 0 aromatic carbocycles. The van der Waals surface area contributed by atoms with Crippen LogP contribution in [-0.2, 0) is 0 Å². The highest BCUT2D eigenvalue weighted by Gasteiger charge is 2.05.